The largest absolute Gasteiger partial charge is 0.614 e. The van der Waals surface area contributed by atoms with Crippen LogP contribution < -0.4 is 0 Å². The molecule has 50 valence electrons. The Bertz CT molecular complexity index is 155. The maximum Gasteiger partial charge on any atom is 0.488 e. The quantitative estimate of drug-likeness (QED) is 0.196. The predicted molar refractivity (Wildman–Crippen MR) is 30.7 cm³/mol. The Morgan fingerprint density at radius 2 is 2.22 bits per heavy atom. The zero-order valence-electron chi connectivity index (χ0n) is 5.13. The highest BCUT2D eigenvalue weighted by molar-refractivity contribution is 5.92. The molecule has 0 radical (unpaired) electrons. The Labute approximate surface area is 52.2 Å². The third kappa shape index (κ3) is 0.760. The second kappa shape index (κ2) is 1.62. The Morgan fingerprint density at radius 3 is 2.33 bits per heavy atom. The van der Waals surface area contributed by atoms with Gasteiger partial charge in [-0.1, -0.05) is 0 Å². The van der Waals surface area contributed by atoms with E-state index in [2.05, 4.69) is 0 Å². The summed E-state index contributed by atoms with van der Waals surface area (Å²) in [6.07, 6.45) is 0.394. The van der Waals surface area contributed by atoms with Gasteiger partial charge in [0, 0.05) is 0 Å². The van der Waals surface area contributed by atoms with Crippen molar-refractivity contribution in [2.24, 2.45) is 0 Å². The molecule has 1 rings (SSSR count). The van der Waals surface area contributed by atoms with Gasteiger partial charge < -0.3 is 5.21 Å². The third-order valence-corrected chi connectivity index (χ3v) is 1.53. The second-order valence-corrected chi connectivity index (χ2v) is 2.23. The van der Waals surface area contributed by atoms with Gasteiger partial charge in [0.25, 0.3) is 0 Å². The molecule has 1 atom stereocenters. The molecule has 0 aromatic heterocycles. The molecule has 2 amide bonds. The van der Waals surface area contributed by atoms with Crippen molar-refractivity contribution in [1.82, 2.24) is 0 Å². The van der Waals surface area contributed by atoms with Crippen molar-refractivity contribution < 1.29 is 14.2 Å². The van der Waals surface area contributed by atoms with Gasteiger partial charge in [0.2, 0.25) is 0 Å². The number of hydrogen-bond acceptors (Lipinski definition) is 2. The fraction of sp³-hybridized carbons (Fsp3) is 0.600. The zero-order chi connectivity index (χ0) is 7.07. The summed E-state index contributed by atoms with van der Waals surface area (Å²) >= 11 is 0. The van der Waals surface area contributed by atoms with Crippen molar-refractivity contribution in [2.45, 2.75) is 12.8 Å². The van der Waals surface area contributed by atoms with Crippen LogP contribution in [0.1, 0.15) is 12.8 Å². The summed E-state index contributed by atoms with van der Waals surface area (Å²) in [4.78, 5) is 19.4. The molecule has 0 aliphatic carbocycles. The van der Waals surface area contributed by atoms with Crippen LogP contribution >= 0.6 is 0 Å². The van der Waals surface area contributed by atoms with E-state index in [1.54, 1.807) is 0 Å². The summed E-state index contributed by atoms with van der Waals surface area (Å²) in [6.45, 7) is 0. The third-order valence-electron chi connectivity index (χ3n) is 1.53. The maximum absolute atomic E-state index is 10.9. The van der Waals surface area contributed by atoms with Gasteiger partial charge in [-0.15, -0.1) is 0 Å². The van der Waals surface area contributed by atoms with Gasteiger partial charge in [-0.2, -0.15) is 4.65 Å². The molecule has 1 fully saturated rings. The predicted octanol–water partition coefficient (Wildman–Crippen LogP) is -0.246. The lowest BCUT2D eigenvalue weighted by Crippen LogP contribution is -2.42. The summed E-state index contributed by atoms with van der Waals surface area (Å²) in [6, 6.07) is 0. The monoisotopic (exact) mass is 130 g/mol. The first-order chi connectivity index (χ1) is 4.05. The van der Waals surface area contributed by atoms with Crippen LogP contribution in [-0.4, -0.2) is 28.3 Å². The van der Waals surface area contributed by atoms with Gasteiger partial charge in [0.05, 0.1) is 13.5 Å². The van der Waals surface area contributed by atoms with Gasteiger partial charge in [-0.25, -0.2) is 9.59 Å². The number of imide groups is 1. The topological polar surface area (TPSA) is 61.5 Å². The lowest BCUT2D eigenvalue weighted by Gasteiger charge is -2.21. The van der Waals surface area contributed by atoms with E-state index in [4.69, 9.17) is 4.79 Å². The summed E-state index contributed by atoms with van der Waals surface area (Å²) in [5.74, 6) is -0.743. The van der Waals surface area contributed by atoms with E-state index < -0.39 is 10.6 Å². The number of likely N-dealkylation sites (tertiary alicyclic amines) is 1. The normalized spacial score (nSPS) is 35.8. The van der Waals surface area contributed by atoms with Crippen LogP contribution in [0.5, 0.6) is 0 Å². The fourth-order valence-corrected chi connectivity index (χ4v) is 0.789. The van der Waals surface area contributed by atoms with Gasteiger partial charge in [0.1, 0.15) is 6.42 Å². The number of carbonyl (C=O) groups excluding carboxylic acids is 2. The molecule has 1 N–H and O–H groups in total. The molecule has 1 unspecified atom stereocenters. The maximum atomic E-state index is 10.9. The Morgan fingerprint density at radius 1 is 1.67 bits per heavy atom. The smallest absolute Gasteiger partial charge is 0.488 e. The van der Waals surface area contributed by atoms with Gasteiger partial charge in [0.15, 0.2) is 0 Å². The number of amides is 2. The summed E-state index contributed by atoms with van der Waals surface area (Å²) < 4.78 is -1.19. The van der Waals surface area contributed by atoms with Crippen LogP contribution in [0.4, 0.5) is 0 Å². The van der Waals surface area contributed by atoms with E-state index in [-0.39, 0.29) is 18.7 Å². The van der Waals surface area contributed by atoms with Gasteiger partial charge in [-0.05, 0) is 0 Å². The molecular weight excluding hydrogens is 122 g/mol. The number of nitrogens with zero attached hydrogens (tertiary/aromatic N) is 1. The van der Waals surface area contributed by atoms with Crippen LogP contribution in [0.2, 0.25) is 0 Å². The van der Waals surface area contributed by atoms with Crippen LogP contribution in [0.15, 0.2) is 0 Å². The number of carbonyl (C=O) groups is 1. The van der Waals surface area contributed by atoms with Crippen molar-refractivity contribution in [3.05, 3.63) is 5.21 Å². The Kier molecular flexibility index (Phi) is 1.15. The van der Waals surface area contributed by atoms with Crippen molar-refractivity contribution >= 4 is 11.8 Å². The Balaban J connectivity index is 2.91. The van der Waals surface area contributed by atoms with Crippen LogP contribution in [0, 0.1) is 5.21 Å². The summed E-state index contributed by atoms with van der Waals surface area (Å²) in [7, 11) is 1.14. The highest BCUT2D eigenvalue weighted by Gasteiger charge is 2.43. The van der Waals surface area contributed by atoms with E-state index >= 15 is 0 Å². The minimum absolute atomic E-state index is 0.172. The number of quaternary nitrogens is 1. The highest BCUT2D eigenvalue weighted by Crippen LogP contribution is 2.16. The first-order valence-electron chi connectivity index (χ1n) is 2.71. The van der Waals surface area contributed by atoms with Crippen molar-refractivity contribution in [1.29, 1.82) is 0 Å². The fourth-order valence-electron chi connectivity index (χ4n) is 0.789. The van der Waals surface area contributed by atoms with Crippen molar-refractivity contribution in [3.63, 3.8) is 0 Å². The first-order valence-corrected chi connectivity index (χ1v) is 2.71. The van der Waals surface area contributed by atoms with Crippen molar-refractivity contribution in [2.75, 3.05) is 7.05 Å². The lowest BCUT2D eigenvalue weighted by atomic mass is 10.4. The molecule has 1 aliphatic rings. The molecule has 0 aromatic rings. The van der Waals surface area contributed by atoms with Crippen molar-refractivity contribution in [3.8, 4) is 0 Å². The van der Waals surface area contributed by atoms with E-state index in [1.165, 1.54) is 0 Å². The zero-order valence-corrected chi connectivity index (χ0v) is 5.13. The summed E-state index contributed by atoms with van der Waals surface area (Å²) in [5, 5.41) is 10.9. The average molecular weight is 130 g/mol. The first kappa shape index (κ1) is 6.38. The summed E-state index contributed by atoms with van der Waals surface area (Å²) in [5.41, 5.74) is 0. The minimum atomic E-state index is -1.19. The van der Waals surface area contributed by atoms with Crippen LogP contribution in [0.25, 0.3) is 0 Å². The molecule has 0 bridgehead atoms. The van der Waals surface area contributed by atoms with Crippen LogP contribution in [0.3, 0.4) is 0 Å². The molecule has 1 heterocycles. The van der Waals surface area contributed by atoms with Gasteiger partial charge in [-0.3, -0.25) is 0 Å². The molecule has 0 saturated carbocycles. The standard InChI is InChI=1S/C5H7NO3/c1-6(9)4(7)2-3-5(6)8/h2-3H2,1H3/p+1. The number of hydroxylamine groups is 3. The highest BCUT2D eigenvalue weighted by atomic mass is 16.6. The van der Waals surface area contributed by atoms with Gasteiger partial charge >= 0.3 is 11.8 Å². The van der Waals surface area contributed by atoms with Crippen LogP contribution in [-0.2, 0) is 4.79 Å². The average Bonchev–Trinajstić information content (AvgIpc) is 1.96. The molecule has 0 spiro atoms. The van der Waals surface area contributed by atoms with E-state index in [9.17, 15) is 10.0 Å². The Hall–Kier alpha value is -0.740. The number of hydrogen-bond donors (Lipinski definition) is 0. The molecule has 1 aliphatic heterocycles. The lowest BCUT2D eigenvalue weighted by molar-refractivity contribution is -0.684. The van der Waals surface area contributed by atoms with E-state index in [0.717, 1.165) is 7.05 Å². The molecule has 4 heteroatoms. The molecule has 4 nitrogen and oxygen atoms in total. The molecule has 0 aromatic carbocycles. The molecular formula is C5H8NO3+. The van der Waals surface area contributed by atoms with E-state index in [1.807, 2.05) is 0 Å². The second-order valence-electron chi connectivity index (χ2n) is 2.23. The minimum Gasteiger partial charge on any atom is -0.614 e. The molecule has 9 heavy (non-hydrogen) atoms. The number of rotatable bonds is 0. The SMILES string of the molecule is C[N+]1([O-])C(=O)CCC1=[OH+]. The molecule has 1 saturated heterocycles. The van der Waals surface area contributed by atoms with E-state index in [0.29, 0.717) is 0 Å².